The average molecular weight is 938 g/mol. The van der Waals surface area contributed by atoms with Crippen LogP contribution >= 0.6 is 21.6 Å². The summed E-state index contributed by atoms with van der Waals surface area (Å²) in [5, 5.41) is 6.63. The smallest absolute Gasteiger partial charge is 0.261 e. The largest absolute Gasteiger partial charge is 0.493 e. The van der Waals surface area contributed by atoms with E-state index in [1.807, 2.05) is 95.7 Å². The zero-order chi connectivity index (χ0) is 46.8. The number of methoxy groups -OCH3 is 1. The van der Waals surface area contributed by atoms with Crippen LogP contribution in [-0.2, 0) is 35.6 Å². The lowest BCUT2D eigenvalue weighted by Gasteiger charge is -2.23. The van der Waals surface area contributed by atoms with Gasteiger partial charge in [0.05, 0.1) is 41.7 Å². The summed E-state index contributed by atoms with van der Waals surface area (Å²) in [4.78, 5) is 61.5. The maximum Gasteiger partial charge on any atom is 0.261 e. The lowest BCUT2D eigenvalue weighted by Crippen LogP contribution is -2.39. The van der Waals surface area contributed by atoms with Crippen molar-refractivity contribution < 1.29 is 33.4 Å². The number of hydrogen-bond donors (Lipinski definition) is 2. The molecule has 0 saturated heterocycles. The Labute approximate surface area is 399 Å². The van der Waals surface area contributed by atoms with Crippen molar-refractivity contribution in [1.82, 2.24) is 0 Å². The van der Waals surface area contributed by atoms with Crippen LogP contribution in [0.1, 0.15) is 95.0 Å². The Hall–Kier alpha value is -6.25. The third-order valence-corrected chi connectivity index (χ3v) is 16.0. The third-order valence-electron chi connectivity index (χ3n) is 12.6. The van der Waals surface area contributed by atoms with Crippen LogP contribution in [0.2, 0.25) is 0 Å². The van der Waals surface area contributed by atoms with Gasteiger partial charge < -0.3 is 34.5 Å². The Morgan fingerprint density at radius 2 is 1.51 bits per heavy atom. The molecule has 67 heavy (non-hydrogen) atoms. The van der Waals surface area contributed by atoms with E-state index in [0.29, 0.717) is 77.7 Å². The molecule has 0 spiro atoms. The van der Waals surface area contributed by atoms with Gasteiger partial charge in [-0.15, -0.1) is 0 Å². The molecule has 0 radical (unpaired) electrons. The van der Waals surface area contributed by atoms with Crippen LogP contribution < -0.4 is 34.6 Å². The first-order chi connectivity index (χ1) is 32.3. The Kier molecular flexibility index (Phi) is 13.4. The molecule has 0 aromatic heterocycles. The van der Waals surface area contributed by atoms with Gasteiger partial charge in [0.1, 0.15) is 24.7 Å². The normalized spacial score (nSPS) is 16.7. The lowest BCUT2D eigenvalue weighted by atomic mass is 10.1. The summed E-state index contributed by atoms with van der Waals surface area (Å²) in [5.41, 5.74) is 9.37. The van der Waals surface area contributed by atoms with Crippen molar-refractivity contribution in [3.63, 3.8) is 0 Å². The number of Topliss-reactive ketones (excluding diaryl/α,β-unsaturated/α-hetero) is 1. The Morgan fingerprint density at radius 1 is 0.821 bits per heavy atom. The number of ether oxygens (including phenoxy) is 3. The van der Waals surface area contributed by atoms with Crippen LogP contribution in [-0.4, -0.2) is 66.0 Å². The number of carbonyl (C=O) groups excluding carboxylic acids is 4. The van der Waals surface area contributed by atoms with E-state index in [4.69, 9.17) is 19.2 Å². The number of anilines is 4. The van der Waals surface area contributed by atoms with Gasteiger partial charge in [-0.3, -0.25) is 24.3 Å². The van der Waals surface area contributed by atoms with Gasteiger partial charge >= 0.3 is 0 Å². The Balaban J connectivity index is 0.932. The van der Waals surface area contributed by atoms with Gasteiger partial charge in [-0.05, 0) is 117 Å². The molecule has 346 valence electrons. The SMILES string of the molecule is COc1cc2c(cc1OCc1cc(COc3cc4c(cc3C)C(=O)N3c5ccccc5C[C@H]3C=N4)cc(NC(=O)CCC(C)(C)SSCCCC(C)=O)c1)NC[C@@H]1Cc3ccccc3N1C2=O. The van der Waals surface area contributed by atoms with Crippen molar-refractivity contribution in [2.24, 2.45) is 4.99 Å². The van der Waals surface area contributed by atoms with Crippen LogP contribution in [0.25, 0.3) is 0 Å². The second-order valence-electron chi connectivity index (χ2n) is 18.2. The first-order valence-corrected chi connectivity index (χ1v) is 25.1. The van der Waals surface area contributed by atoms with E-state index in [1.165, 1.54) is 0 Å². The summed E-state index contributed by atoms with van der Waals surface area (Å²) in [6.45, 7) is 8.68. The van der Waals surface area contributed by atoms with Crippen molar-refractivity contribution in [3.05, 3.63) is 130 Å². The fraction of sp³-hybridized carbons (Fsp3) is 0.340. The monoisotopic (exact) mass is 937 g/mol. The number of aryl methyl sites for hydroxylation is 1. The number of benzene rings is 5. The predicted octanol–water partition coefficient (Wildman–Crippen LogP) is 10.7. The third kappa shape index (κ3) is 10.1. The van der Waals surface area contributed by atoms with Crippen molar-refractivity contribution in [3.8, 4) is 17.2 Å². The molecule has 4 aliphatic heterocycles. The number of rotatable bonds is 17. The molecular weight excluding hydrogens is 883 g/mol. The van der Waals surface area contributed by atoms with E-state index in [-0.39, 0.29) is 53.5 Å². The van der Waals surface area contributed by atoms with Gasteiger partial charge in [-0.2, -0.15) is 0 Å². The Bertz CT molecular complexity index is 2790. The maximum atomic E-state index is 14.1. The van der Waals surface area contributed by atoms with Gasteiger partial charge in [-0.25, -0.2) is 0 Å². The average Bonchev–Trinajstić information content (AvgIpc) is 3.80. The van der Waals surface area contributed by atoms with Gasteiger partial charge in [0.2, 0.25) is 5.91 Å². The van der Waals surface area contributed by atoms with Crippen molar-refractivity contribution in [2.45, 2.75) is 96.3 Å². The van der Waals surface area contributed by atoms with Crippen molar-refractivity contribution in [2.75, 3.05) is 39.8 Å². The topological polar surface area (TPSA) is 139 Å². The highest BCUT2D eigenvalue weighted by Gasteiger charge is 2.38. The lowest BCUT2D eigenvalue weighted by molar-refractivity contribution is -0.117. The van der Waals surface area contributed by atoms with Gasteiger partial charge in [0, 0.05) is 71.7 Å². The van der Waals surface area contributed by atoms with Crippen molar-refractivity contribution >= 4 is 79.7 Å². The minimum absolute atomic E-state index is 0.0146. The molecule has 2 N–H and O–H groups in total. The van der Waals surface area contributed by atoms with E-state index in [9.17, 15) is 19.2 Å². The molecule has 0 fully saturated rings. The first-order valence-electron chi connectivity index (χ1n) is 22.8. The molecule has 0 bridgehead atoms. The number of ketones is 1. The summed E-state index contributed by atoms with van der Waals surface area (Å²) in [6, 6.07) is 28.9. The predicted molar refractivity (Wildman–Crippen MR) is 269 cm³/mol. The zero-order valence-electron chi connectivity index (χ0n) is 38.5. The molecular formula is C53H55N5O7S2. The number of nitrogens with one attached hydrogen (secondary N) is 2. The van der Waals surface area contributed by atoms with Crippen LogP contribution in [0, 0.1) is 6.92 Å². The summed E-state index contributed by atoms with van der Waals surface area (Å²) >= 11 is 0. The second-order valence-corrected chi connectivity index (χ2v) is 21.3. The van der Waals surface area contributed by atoms with E-state index in [0.717, 1.165) is 57.8 Å². The molecule has 0 unspecified atom stereocenters. The summed E-state index contributed by atoms with van der Waals surface area (Å²) in [6.07, 6.45) is 5.74. The van der Waals surface area contributed by atoms with Gasteiger partial charge in [0.25, 0.3) is 11.8 Å². The molecule has 3 amide bonds. The number of hydrogen-bond acceptors (Lipinski definition) is 11. The number of carbonyl (C=O) groups is 4. The quantitative estimate of drug-likeness (QED) is 0.0684. The number of aliphatic imine (C=N–C) groups is 1. The fourth-order valence-electron chi connectivity index (χ4n) is 9.20. The van der Waals surface area contributed by atoms with Gasteiger partial charge in [0.15, 0.2) is 11.5 Å². The first kappa shape index (κ1) is 45.9. The van der Waals surface area contributed by atoms with Gasteiger partial charge in [-0.1, -0.05) is 58.0 Å². The molecule has 12 nitrogen and oxygen atoms in total. The maximum absolute atomic E-state index is 14.1. The number of nitrogens with zero attached hydrogens (tertiary/aromatic N) is 3. The Morgan fingerprint density at radius 3 is 2.24 bits per heavy atom. The minimum atomic E-state index is -0.159. The number of para-hydroxylation sites is 2. The molecule has 14 heteroatoms. The summed E-state index contributed by atoms with van der Waals surface area (Å²) in [5.74, 6) is 2.28. The number of amides is 3. The summed E-state index contributed by atoms with van der Waals surface area (Å²) in [7, 11) is 5.04. The van der Waals surface area contributed by atoms with E-state index < -0.39 is 0 Å². The van der Waals surface area contributed by atoms with Crippen LogP contribution in [0.15, 0.2) is 96.0 Å². The molecule has 4 heterocycles. The molecule has 9 rings (SSSR count). The highest BCUT2D eigenvalue weighted by Crippen LogP contribution is 2.43. The molecule has 5 aromatic rings. The zero-order valence-corrected chi connectivity index (χ0v) is 40.1. The standard InChI is InChI=1S/C53H55N5O7S2/c1-32-19-41-43(54-28-39-23-36-12-6-8-14-45(36)57(39)51(41)61)26-47(32)64-30-34-20-35(22-38(21-34)56-50(60)16-17-53(3,4)67-66-18-10-11-33(2)59)31-65-49-27-44-42(25-48(49)63-5)52(62)58-40(29-55-44)24-37-13-7-9-15-46(37)58/h6-9,12-15,19-22,25-28,39-40,55H,10-11,16-18,23-24,29-31H2,1-5H3,(H,56,60)/t39-,40-/m0/s1. The van der Waals surface area contributed by atoms with E-state index in [2.05, 4.69) is 36.6 Å². The molecule has 0 aliphatic carbocycles. The fourth-order valence-corrected chi connectivity index (χ4v) is 11.9. The molecule has 5 aromatic carbocycles. The van der Waals surface area contributed by atoms with Crippen LogP contribution in [0.3, 0.4) is 0 Å². The minimum Gasteiger partial charge on any atom is -0.493 e. The molecule has 4 aliphatic rings. The number of fused-ring (bicyclic) bond motifs is 8. The summed E-state index contributed by atoms with van der Waals surface area (Å²) < 4.78 is 18.6. The van der Waals surface area contributed by atoms with Crippen LogP contribution in [0.5, 0.6) is 17.2 Å². The van der Waals surface area contributed by atoms with Crippen molar-refractivity contribution in [1.29, 1.82) is 0 Å². The highest BCUT2D eigenvalue weighted by molar-refractivity contribution is 8.77. The van der Waals surface area contributed by atoms with E-state index in [1.54, 1.807) is 41.7 Å². The highest BCUT2D eigenvalue weighted by atomic mass is 33.1. The molecule has 2 atom stereocenters. The van der Waals surface area contributed by atoms with Crippen LogP contribution in [0.4, 0.5) is 28.4 Å². The van der Waals surface area contributed by atoms with E-state index >= 15 is 0 Å². The molecule has 0 saturated carbocycles. The second kappa shape index (κ2) is 19.5.